The SMILES string of the molecule is NCCC(P(=O)(O)O)P(=O)(O)O.O=C(O)CCC(=O)O. The summed E-state index contributed by atoms with van der Waals surface area (Å²) in [4.78, 5) is 53.3. The highest BCUT2D eigenvalue weighted by Crippen LogP contribution is 2.60. The van der Waals surface area contributed by atoms with Crippen LogP contribution in [-0.2, 0) is 18.7 Å². The molecule has 11 nitrogen and oxygen atoms in total. The van der Waals surface area contributed by atoms with E-state index < -0.39 is 39.0 Å². The second-order valence-corrected chi connectivity index (χ2v) is 7.53. The monoisotopic (exact) mass is 337 g/mol. The van der Waals surface area contributed by atoms with Crippen molar-refractivity contribution >= 4 is 27.1 Å². The van der Waals surface area contributed by atoms with Gasteiger partial charge < -0.3 is 35.5 Å². The van der Waals surface area contributed by atoms with Crippen LogP contribution in [0.1, 0.15) is 19.3 Å². The molecule has 13 heteroatoms. The Kier molecular flexibility index (Phi) is 9.88. The smallest absolute Gasteiger partial charge is 0.340 e. The molecular formula is C7H17NO10P2. The maximum atomic E-state index is 10.5. The molecule has 0 atom stereocenters. The molecule has 0 fully saturated rings. The van der Waals surface area contributed by atoms with Crippen LogP contribution >= 0.6 is 15.2 Å². The van der Waals surface area contributed by atoms with Crippen molar-refractivity contribution in [2.24, 2.45) is 5.73 Å². The Morgan fingerprint density at radius 1 is 0.900 bits per heavy atom. The molecule has 0 heterocycles. The van der Waals surface area contributed by atoms with E-state index >= 15 is 0 Å². The van der Waals surface area contributed by atoms with Crippen LogP contribution in [0.15, 0.2) is 0 Å². The van der Waals surface area contributed by atoms with Crippen LogP contribution in [0.25, 0.3) is 0 Å². The van der Waals surface area contributed by atoms with Crippen LogP contribution in [0.3, 0.4) is 0 Å². The zero-order valence-corrected chi connectivity index (χ0v) is 12.0. The van der Waals surface area contributed by atoms with E-state index in [9.17, 15) is 18.7 Å². The molecule has 0 aliphatic carbocycles. The highest BCUT2D eigenvalue weighted by atomic mass is 31.2. The van der Waals surface area contributed by atoms with Crippen molar-refractivity contribution in [1.29, 1.82) is 0 Å². The second-order valence-electron chi connectivity index (χ2n) is 3.52. The zero-order valence-electron chi connectivity index (χ0n) is 10.2. The maximum Gasteiger partial charge on any atom is 0.340 e. The van der Waals surface area contributed by atoms with Crippen molar-refractivity contribution in [2.45, 2.75) is 24.7 Å². The third-order valence-electron chi connectivity index (χ3n) is 1.75. The lowest BCUT2D eigenvalue weighted by atomic mass is 10.3. The van der Waals surface area contributed by atoms with E-state index in [1.165, 1.54) is 0 Å². The highest BCUT2D eigenvalue weighted by molar-refractivity contribution is 7.70. The molecule has 20 heavy (non-hydrogen) atoms. The molecule has 0 bridgehead atoms. The summed E-state index contributed by atoms with van der Waals surface area (Å²) in [6, 6.07) is 0. The average molecular weight is 337 g/mol. The molecule has 0 aromatic carbocycles. The van der Waals surface area contributed by atoms with E-state index in [1.54, 1.807) is 0 Å². The molecule has 0 radical (unpaired) electrons. The average Bonchev–Trinajstić information content (AvgIpc) is 2.20. The number of rotatable bonds is 7. The quantitative estimate of drug-likeness (QED) is 0.278. The summed E-state index contributed by atoms with van der Waals surface area (Å²) in [7, 11) is -9.51. The van der Waals surface area contributed by atoms with Gasteiger partial charge in [0.15, 0.2) is 5.40 Å². The predicted molar refractivity (Wildman–Crippen MR) is 66.1 cm³/mol. The first-order chi connectivity index (χ1) is 8.82. The number of carbonyl (C=O) groups is 2. The minimum atomic E-state index is -4.76. The summed E-state index contributed by atoms with van der Waals surface area (Å²) in [5.74, 6) is -2.15. The summed E-state index contributed by atoms with van der Waals surface area (Å²) in [5.41, 5.74) is 4.94. The number of hydrogen-bond acceptors (Lipinski definition) is 5. The number of carboxylic acid groups (broad SMARTS) is 2. The van der Waals surface area contributed by atoms with Gasteiger partial charge in [0.2, 0.25) is 0 Å². The van der Waals surface area contributed by atoms with Gasteiger partial charge in [0.25, 0.3) is 0 Å². The van der Waals surface area contributed by atoms with Gasteiger partial charge in [-0.1, -0.05) is 0 Å². The van der Waals surface area contributed by atoms with Gasteiger partial charge in [-0.2, -0.15) is 0 Å². The number of aliphatic carboxylic acids is 2. The predicted octanol–water partition coefficient (Wildman–Crippen LogP) is -1.05. The summed E-state index contributed by atoms with van der Waals surface area (Å²) in [6.45, 7) is -0.180. The Morgan fingerprint density at radius 2 is 1.20 bits per heavy atom. The van der Waals surface area contributed by atoms with Gasteiger partial charge in [0.05, 0.1) is 12.8 Å². The maximum absolute atomic E-state index is 10.5. The fourth-order valence-electron chi connectivity index (χ4n) is 0.895. The van der Waals surface area contributed by atoms with Gasteiger partial charge in [-0.3, -0.25) is 18.7 Å². The first kappa shape index (κ1) is 21.5. The van der Waals surface area contributed by atoms with E-state index in [-0.39, 0.29) is 19.4 Å². The van der Waals surface area contributed by atoms with Gasteiger partial charge in [0, 0.05) is 0 Å². The van der Waals surface area contributed by atoms with E-state index in [0.29, 0.717) is 0 Å². The molecule has 0 spiro atoms. The lowest BCUT2D eigenvalue weighted by Crippen LogP contribution is -2.14. The molecule has 0 aliphatic heterocycles. The van der Waals surface area contributed by atoms with Gasteiger partial charge in [-0.05, 0) is 13.0 Å². The molecule has 8 N–H and O–H groups in total. The number of nitrogens with two attached hydrogens (primary N) is 1. The van der Waals surface area contributed by atoms with Crippen LogP contribution in [0.4, 0.5) is 0 Å². The standard InChI is InChI=1S/C4H6O4.C3H11NO6P2/c5-3(6)1-2-4(7)8;4-2-1-3(11(5,6)7)12(8,9)10/h1-2H2,(H,5,6)(H,7,8);3H,1-2,4H2,(H2,5,6,7)(H2,8,9,10). The van der Waals surface area contributed by atoms with Crippen molar-refractivity contribution < 1.29 is 48.5 Å². The minimum Gasteiger partial charge on any atom is -0.481 e. The van der Waals surface area contributed by atoms with Crippen LogP contribution < -0.4 is 5.73 Å². The first-order valence-corrected chi connectivity index (χ1v) is 8.42. The van der Waals surface area contributed by atoms with E-state index in [0.717, 1.165) is 0 Å². The Hall–Kier alpha value is -0.800. The largest absolute Gasteiger partial charge is 0.481 e. The second kappa shape index (κ2) is 9.19. The summed E-state index contributed by atoms with van der Waals surface area (Å²) in [6.07, 6.45) is -0.987. The van der Waals surface area contributed by atoms with E-state index in [4.69, 9.17) is 35.5 Å². The van der Waals surface area contributed by atoms with E-state index in [2.05, 4.69) is 0 Å². The number of hydrogen-bond donors (Lipinski definition) is 7. The van der Waals surface area contributed by atoms with Gasteiger partial charge in [-0.15, -0.1) is 0 Å². The fraction of sp³-hybridized carbons (Fsp3) is 0.714. The normalized spacial score (nSPS) is 11.7. The molecule has 0 saturated heterocycles. The fourth-order valence-corrected chi connectivity index (χ4v) is 3.43. The van der Waals surface area contributed by atoms with Crippen molar-refractivity contribution in [3.05, 3.63) is 0 Å². The van der Waals surface area contributed by atoms with Gasteiger partial charge >= 0.3 is 27.1 Å². The molecule has 120 valence electrons. The van der Waals surface area contributed by atoms with Gasteiger partial charge in [0.1, 0.15) is 0 Å². The lowest BCUT2D eigenvalue weighted by molar-refractivity contribution is -0.143. The topological polar surface area (TPSA) is 216 Å². The molecule has 0 rings (SSSR count). The lowest BCUT2D eigenvalue weighted by Gasteiger charge is -2.18. The van der Waals surface area contributed by atoms with Gasteiger partial charge in [-0.25, -0.2) is 0 Å². The Morgan fingerprint density at radius 3 is 1.30 bits per heavy atom. The third-order valence-corrected chi connectivity index (χ3v) is 5.63. The minimum absolute atomic E-state index is 0.180. The Balaban J connectivity index is 0. The number of carboxylic acids is 2. The first-order valence-electron chi connectivity index (χ1n) is 5.06. The molecule has 0 amide bonds. The Bertz CT molecular complexity index is 376. The van der Waals surface area contributed by atoms with Crippen molar-refractivity contribution in [3.63, 3.8) is 0 Å². The molecule has 0 unspecified atom stereocenters. The third kappa shape index (κ3) is 12.2. The zero-order chi connectivity index (χ0) is 16.6. The van der Waals surface area contributed by atoms with Crippen LogP contribution in [0.2, 0.25) is 0 Å². The molecule has 0 saturated carbocycles. The van der Waals surface area contributed by atoms with Crippen LogP contribution in [0, 0.1) is 0 Å². The summed E-state index contributed by atoms with van der Waals surface area (Å²) in [5, 5.41) is 13.8. The molecule has 0 aromatic rings. The Labute approximate surface area is 113 Å². The van der Waals surface area contributed by atoms with Crippen molar-refractivity contribution in [1.82, 2.24) is 0 Å². The van der Waals surface area contributed by atoms with Crippen molar-refractivity contribution in [3.8, 4) is 0 Å². The van der Waals surface area contributed by atoms with Crippen molar-refractivity contribution in [2.75, 3.05) is 6.54 Å². The van der Waals surface area contributed by atoms with Crippen LogP contribution in [0.5, 0.6) is 0 Å². The molecular weight excluding hydrogens is 320 g/mol. The summed E-state index contributed by atoms with van der Waals surface area (Å²) >= 11 is 0. The summed E-state index contributed by atoms with van der Waals surface area (Å²) < 4.78 is 21.0. The molecule has 0 aliphatic rings. The van der Waals surface area contributed by atoms with Crippen LogP contribution in [-0.4, -0.2) is 53.7 Å². The molecule has 0 aromatic heterocycles. The van der Waals surface area contributed by atoms with E-state index in [1.807, 2.05) is 0 Å². The highest BCUT2D eigenvalue weighted by Gasteiger charge is 2.42.